The average Bonchev–Trinajstić information content (AvgIpc) is 2.48. The van der Waals surface area contributed by atoms with E-state index in [9.17, 15) is 9.18 Å². The minimum Gasteiger partial charge on any atom is -0.329 e. The summed E-state index contributed by atoms with van der Waals surface area (Å²) in [5.41, 5.74) is 6.29. The Kier molecular flexibility index (Phi) is 6.78. The highest BCUT2D eigenvalue weighted by molar-refractivity contribution is 5.92. The molecular formula is C16H26FN3O. The number of rotatable bonds is 8. The summed E-state index contributed by atoms with van der Waals surface area (Å²) in [6.07, 6.45) is 1.84. The lowest BCUT2D eigenvalue weighted by Gasteiger charge is -2.39. The minimum atomic E-state index is -0.317. The Hall–Kier alpha value is -1.46. The Labute approximate surface area is 126 Å². The number of halogens is 1. The van der Waals surface area contributed by atoms with Crippen molar-refractivity contribution in [3.05, 3.63) is 30.1 Å². The van der Waals surface area contributed by atoms with Crippen LogP contribution >= 0.6 is 0 Å². The van der Waals surface area contributed by atoms with Gasteiger partial charge in [-0.1, -0.05) is 13.8 Å². The standard InChI is InChI=1S/C16H26FN3O/c1-4-10-20(16(3,5-2)12-18)11-15(21)19-14-8-6-13(17)7-9-14/h6-9H,4-5,10-12,18H2,1-3H3,(H,19,21). The number of nitrogens with two attached hydrogens (primary N) is 1. The van der Waals surface area contributed by atoms with Crippen LogP contribution < -0.4 is 11.1 Å². The number of carbonyl (C=O) groups excluding carboxylic acids is 1. The average molecular weight is 295 g/mol. The fourth-order valence-electron chi connectivity index (χ4n) is 2.21. The van der Waals surface area contributed by atoms with Gasteiger partial charge in [-0.05, 0) is 50.6 Å². The van der Waals surface area contributed by atoms with Crippen molar-refractivity contribution >= 4 is 11.6 Å². The molecule has 0 spiro atoms. The molecule has 1 rings (SSSR count). The topological polar surface area (TPSA) is 58.4 Å². The second-order valence-corrected chi connectivity index (χ2v) is 5.53. The molecule has 0 heterocycles. The maximum atomic E-state index is 12.8. The van der Waals surface area contributed by atoms with E-state index in [-0.39, 0.29) is 23.8 Å². The molecule has 118 valence electrons. The van der Waals surface area contributed by atoms with Gasteiger partial charge in [-0.3, -0.25) is 9.69 Å². The molecule has 5 heteroatoms. The van der Waals surface area contributed by atoms with Crippen molar-refractivity contribution in [1.82, 2.24) is 4.90 Å². The van der Waals surface area contributed by atoms with Crippen molar-refractivity contribution in [2.24, 2.45) is 5.73 Å². The number of hydrogen-bond acceptors (Lipinski definition) is 3. The first kappa shape index (κ1) is 17.6. The first-order valence-electron chi connectivity index (χ1n) is 7.45. The monoisotopic (exact) mass is 295 g/mol. The molecule has 1 unspecified atom stereocenters. The van der Waals surface area contributed by atoms with Gasteiger partial charge in [0.1, 0.15) is 5.82 Å². The molecule has 0 bridgehead atoms. The van der Waals surface area contributed by atoms with E-state index in [2.05, 4.69) is 31.0 Å². The molecule has 0 aliphatic carbocycles. The second-order valence-electron chi connectivity index (χ2n) is 5.53. The van der Waals surface area contributed by atoms with Crippen molar-refractivity contribution in [3.8, 4) is 0 Å². The molecule has 3 N–H and O–H groups in total. The van der Waals surface area contributed by atoms with E-state index in [1.54, 1.807) is 12.1 Å². The molecule has 0 aromatic heterocycles. The number of hydrogen-bond donors (Lipinski definition) is 2. The van der Waals surface area contributed by atoms with Gasteiger partial charge in [0.05, 0.1) is 6.54 Å². The molecule has 4 nitrogen and oxygen atoms in total. The van der Waals surface area contributed by atoms with Gasteiger partial charge in [0, 0.05) is 17.8 Å². The third-order valence-corrected chi connectivity index (χ3v) is 3.92. The van der Waals surface area contributed by atoms with Gasteiger partial charge in [0.2, 0.25) is 5.91 Å². The van der Waals surface area contributed by atoms with E-state index in [4.69, 9.17) is 5.73 Å². The predicted octanol–water partition coefficient (Wildman–Crippen LogP) is 2.60. The van der Waals surface area contributed by atoms with E-state index in [1.165, 1.54) is 12.1 Å². The highest BCUT2D eigenvalue weighted by atomic mass is 19.1. The van der Waals surface area contributed by atoms with Gasteiger partial charge in [-0.2, -0.15) is 0 Å². The quantitative estimate of drug-likeness (QED) is 0.775. The van der Waals surface area contributed by atoms with Crippen LogP contribution in [0.5, 0.6) is 0 Å². The summed E-state index contributed by atoms with van der Waals surface area (Å²) in [7, 11) is 0. The molecule has 0 aliphatic heterocycles. The zero-order valence-electron chi connectivity index (χ0n) is 13.2. The number of benzene rings is 1. The lowest BCUT2D eigenvalue weighted by Crippen LogP contribution is -2.54. The molecule has 0 saturated carbocycles. The van der Waals surface area contributed by atoms with Gasteiger partial charge >= 0.3 is 0 Å². The van der Waals surface area contributed by atoms with Crippen LogP contribution in [-0.2, 0) is 4.79 Å². The van der Waals surface area contributed by atoms with Gasteiger partial charge in [-0.25, -0.2) is 4.39 Å². The number of anilines is 1. The fraction of sp³-hybridized carbons (Fsp3) is 0.562. The first-order valence-corrected chi connectivity index (χ1v) is 7.45. The van der Waals surface area contributed by atoms with Crippen molar-refractivity contribution in [1.29, 1.82) is 0 Å². The molecule has 0 radical (unpaired) electrons. The van der Waals surface area contributed by atoms with Crippen LogP contribution in [0.2, 0.25) is 0 Å². The zero-order valence-corrected chi connectivity index (χ0v) is 13.2. The largest absolute Gasteiger partial charge is 0.329 e. The minimum absolute atomic E-state index is 0.108. The summed E-state index contributed by atoms with van der Waals surface area (Å²) in [5.74, 6) is -0.425. The summed E-state index contributed by atoms with van der Waals surface area (Å²) in [4.78, 5) is 14.3. The van der Waals surface area contributed by atoms with Crippen LogP contribution in [0.15, 0.2) is 24.3 Å². The van der Waals surface area contributed by atoms with Crippen LogP contribution in [-0.4, -0.2) is 36.0 Å². The second kappa shape index (κ2) is 8.10. The molecule has 0 aliphatic rings. The van der Waals surface area contributed by atoms with Crippen LogP contribution in [0.4, 0.5) is 10.1 Å². The smallest absolute Gasteiger partial charge is 0.238 e. The maximum Gasteiger partial charge on any atom is 0.238 e. The summed E-state index contributed by atoms with van der Waals surface area (Å²) in [5, 5.41) is 2.79. The normalized spacial score (nSPS) is 14.0. The van der Waals surface area contributed by atoms with Crippen LogP contribution in [0.3, 0.4) is 0 Å². The fourth-order valence-corrected chi connectivity index (χ4v) is 2.21. The van der Waals surface area contributed by atoms with Gasteiger partial charge in [-0.15, -0.1) is 0 Å². The molecule has 0 saturated heterocycles. The Morgan fingerprint density at radius 1 is 1.33 bits per heavy atom. The van der Waals surface area contributed by atoms with Crippen LogP contribution in [0, 0.1) is 5.82 Å². The van der Waals surface area contributed by atoms with Crippen molar-refractivity contribution < 1.29 is 9.18 Å². The summed E-state index contributed by atoms with van der Waals surface area (Å²) >= 11 is 0. The van der Waals surface area contributed by atoms with Gasteiger partial charge < -0.3 is 11.1 Å². The van der Waals surface area contributed by atoms with E-state index in [0.717, 1.165) is 19.4 Å². The summed E-state index contributed by atoms with van der Waals surface area (Å²) < 4.78 is 12.8. The Morgan fingerprint density at radius 2 is 1.95 bits per heavy atom. The molecule has 1 atom stereocenters. The molecule has 1 aromatic rings. The number of nitrogens with one attached hydrogen (secondary N) is 1. The van der Waals surface area contributed by atoms with E-state index < -0.39 is 0 Å². The van der Waals surface area contributed by atoms with E-state index in [1.807, 2.05) is 0 Å². The van der Waals surface area contributed by atoms with Crippen LogP contribution in [0.25, 0.3) is 0 Å². The number of carbonyl (C=O) groups is 1. The Balaban J connectivity index is 2.70. The lowest BCUT2D eigenvalue weighted by molar-refractivity contribution is -0.118. The van der Waals surface area contributed by atoms with Crippen molar-refractivity contribution in [2.45, 2.75) is 39.2 Å². The SMILES string of the molecule is CCCN(CC(=O)Nc1ccc(F)cc1)C(C)(CC)CN. The Bertz CT molecular complexity index is 443. The molecule has 21 heavy (non-hydrogen) atoms. The van der Waals surface area contributed by atoms with E-state index >= 15 is 0 Å². The third-order valence-electron chi connectivity index (χ3n) is 3.92. The van der Waals surface area contributed by atoms with Crippen LogP contribution in [0.1, 0.15) is 33.6 Å². The number of amides is 1. The van der Waals surface area contributed by atoms with Crippen molar-refractivity contribution in [2.75, 3.05) is 25.0 Å². The molecular weight excluding hydrogens is 269 g/mol. The van der Waals surface area contributed by atoms with Crippen molar-refractivity contribution in [3.63, 3.8) is 0 Å². The summed E-state index contributed by atoms with van der Waals surface area (Å²) in [6.45, 7) is 7.84. The lowest BCUT2D eigenvalue weighted by atomic mass is 9.96. The highest BCUT2D eigenvalue weighted by Gasteiger charge is 2.29. The molecule has 1 aromatic carbocycles. The first-order chi connectivity index (χ1) is 9.95. The Morgan fingerprint density at radius 3 is 2.43 bits per heavy atom. The molecule has 1 amide bonds. The van der Waals surface area contributed by atoms with Gasteiger partial charge in [0.25, 0.3) is 0 Å². The summed E-state index contributed by atoms with van der Waals surface area (Å²) in [6, 6.07) is 5.77. The third kappa shape index (κ3) is 5.10. The zero-order chi connectivity index (χ0) is 15.9. The van der Waals surface area contributed by atoms with Gasteiger partial charge in [0.15, 0.2) is 0 Å². The van der Waals surface area contributed by atoms with E-state index in [0.29, 0.717) is 12.2 Å². The number of nitrogens with zero attached hydrogens (tertiary/aromatic N) is 1. The maximum absolute atomic E-state index is 12.8. The molecule has 0 fully saturated rings. The predicted molar refractivity (Wildman–Crippen MR) is 84.6 cm³/mol. The highest BCUT2D eigenvalue weighted by Crippen LogP contribution is 2.18.